The number of anilines is 1. The third kappa shape index (κ3) is 4.47. The lowest BCUT2D eigenvalue weighted by molar-refractivity contribution is -0.137. The number of carboxylic acid groups (broad SMARTS) is 1. The number of fused-ring (bicyclic) bond motifs is 1. The number of carbonyl (C=O) groups is 2. The van der Waals surface area contributed by atoms with Crippen molar-refractivity contribution in [1.29, 1.82) is 0 Å². The van der Waals surface area contributed by atoms with E-state index in [0.717, 1.165) is 10.2 Å². The molecule has 2 atom stereocenters. The zero-order chi connectivity index (χ0) is 18.9. The van der Waals surface area contributed by atoms with Gasteiger partial charge in [-0.05, 0) is 30.7 Å². The highest BCUT2D eigenvalue weighted by Crippen LogP contribution is 2.41. The molecule has 2 aliphatic heterocycles. The van der Waals surface area contributed by atoms with Gasteiger partial charge in [0, 0.05) is 28.3 Å². The van der Waals surface area contributed by atoms with Gasteiger partial charge in [-0.1, -0.05) is 27.7 Å². The molecule has 0 unspecified atom stereocenters. The number of carboxylic acids is 1. The number of rotatable bonds is 5. The van der Waals surface area contributed by atoms with Gasteiger partial charge in [0.1, 0.15) is 0 Å². The predicted octanol–water partition coefficient (Wildman–Crippen LogP) is 2.31. The minimum absolute atomic E-state index is 0.0347. The van der Waals surface area contributed by atoms with Gasteiger partial charge < -0.3 is 10.0 Å². The number of aliphatic imine (C=N–C) groups is 1. The van der Waals surface area contributed by atoms with Crippen molar-refractivity contribution in [3.63, 3.8) is 0 Å². The van der Waals surface area contributed by atoms with Crippen LogP contribution in [0.1, 0.15) is 19.3 Å². The minimum atomic E-state index is -3.11. The number of carbonyl (C=O) groups excluding carboxylic acids is 1. The molecule has 0 spiro atoms. The van der Waals surface area contributed by atoms with Crippen LogP contribution in [-0.4, -0.2) is 53.4 Å². The molecule has 2 heterocycles. The first kappa shape index (κ1) is 19.4. The van der Waals surface area contributed by atoms with E-state index < -0.39 is 21.7 Å². The van der Waals surface area contributed by atoms with Crippen molar-refractivity contribution in [2.24, 2.45) is 4.99 Å². The maximum Gasteiger partial charge on any atom is 0.303 e. The van der Waals surface area contributed by atoms with E-state index in [4.69, 9.17) is 5.11 Å². The highest BCUT2D eigenvalue weighted by molar-refractivity contribution is 9.10. The maximum absolute atomic E-state index is 12.1. The molecule has 0 aliphatic carbocycles. The summed E-state index contributed by atoms with van der Waals surface area (Å²) in [5.74, 6) is -1.23. The summed E-state index contributed by atoms with van der Waals surface area (Å²) in [7, 11) is -3.11. The van der Waals surface area contributed by atoms with Crippen LogP contribution in [0.25, 0.3) is 0 Å². The van der Waals surface area contributed by atoms with Gasteiger partial charge in [-0.25, -0.2) is 8.42 Å². The van der Waals surface area contributed by atoms with Gasteiger partial charge in [0.05, 0.1) is 17.5 Å². The number of halogens is 1. The van der Waals surface area contributed by atoms with Crippen LogP contribution >= 0.6 is 27.7 Å². The number of amidine groups is 1. The fourth-order valence-electron chi connectivity index (χ4n) is 3.02. The molecular weight excluding hydrogens is 444 g/mol. The van der Waals surface area contributed by atoms with Crippen molar-refractivity contribution in [3.05, 3.63) is 28.7 Å². The molecule has 0 bridgehead atoms. The van der Waals surface area contributed by atoms with Gasteiger partial charge in [0.15, 0.2) is 15.0 Å². The molecule has 1 aromatic rings. The van der Waals surface area contributed by atoms with E-state index in [1.54, 1.807) is 0 Å². The fourth-order valence-corrected chi connectivity index (χ4v) is 7.22. The van der Waals surface area contributed by atoms with Crippen LogP contribution in [0, 0.1) is 0 Å². The van der Waals surface area contributed by atoms with Crippen molar-refractivity contribution in [1.82, 2.24) is 0 Å². The van der Waals surface area contributed by atoms with Crippen molar-refractivity contribution < 1.29 is 23.1 Å². The number of benzene rings is 1. The Labute approximate surface area is 163 Å². The standard InChI is InChI=1S/C16H17BrN2O5S2/c17-10-4-6-11(7-5-10)19-12-8-26(23,24)9-13(12)25-16(19)18-14(20)2-1-3-15(21)22/h4-7,12-13H,1-3,8-9H2,(H,21,22)/t12-,13+/m0/s1. The van der Waals surface area contributed by atoms with Gasteiger partial charge >= 0.3 is 5.97 Å². The zero-order valence-corrected chi connectivity index (χ0v) is 16.9. The van der Waals surface area contributed by atoms with Crippen LogP contribution in [0.5, 0.6) is 0 Å². The normalized spacial score (nSPS) is 25.4. The topological polar surface area (TPSA) is 104 Å². The second kappa shape index (κ2) is 7.69. The van der Waals surface area contributed by atoms with E-state index in [-0.39, 0.29) is 42.1 Å². The smallest absolute Gasteiger partial charge is 0.303 e. The van der Waals surface area contributed by atoms with E-state index >= 15 is 0 Å². The Hall–Kier alpha value is -1.39. The zero-order valence-electron chi connectivity index (χ0n) is 13.7. The number of aliphatic carboxylic acids is 1. The van der Waals surface area contributed by atoms with Crippen molar-refractivity contribution in [3.8, 4) is 0 Å². The largest absolute Gasteiger partial charge is 0.481 e. The Bertz CT molecular complexity index is 854. The monoisotopic (exact) mass is 460 g/mol. The molecule has 10 heteroatoms. The highest BCUT2D eigenvalue weighted by atomic mass is 79.9. The first-order valence-corrected chi connectivity index (χ1v) is 11.5. The van der Waals surface area contributed by atoms with Crippen molar-refractivity contribution >= 4 is 60.3 Å². The second-order valence-electron chi connectivity index (χ2n) is 6.18. The number of thioether (sulfide) groups is 1. The van der Waals surface area contributed by atoms with Gasteiger partial charge in [-0.2, -0.15) is 4.99 Å². The average molecular weight is 461 g/mol. The maximum atomic E-state index is 12.1. The van der Waals surface area contributed by atoms with Crippen molar-refractivity contribution in [2.45, 2.75) is 30.6 Å². The van der Waals surface area contributed by atoms with Gasteiger partial charge in [-0.3, -0.25) is 9.59 Å². The average Bonchev–Trinajstić information content (AvgIpc) is 2.99. The number of hydrogen-bond donors (Lipinski definition) is 1. The molecule has 1 amide bonds. The molecule has 0 saturated carbocycles. The molecule has 2 fully saturated rings. The summed E-state index contributed by atoms with van der Waals surface area (Å²) in [6, 6.07) is 7.15. The highest BCUT2D eigenvalue weighted by Gasteiger charge is 2.49. The van der Waals surface area contributed by atoms with Gasteiger partial charge in [-0.15, -0.1) is 0 Å². The van der Waals surface area contributed by atoms with Crippen LogP contribution in [0.2, 0.25) is 0 Å². The molecule has 1 aromatic carbocycles. The molecule has 2 aliphatic rings. The summed E-state index contributed by atoms with van der Waals surface area (Å²) < 4.78 is 24.9. The Balaban J connectivity index is 1.84. The van der Waals surface area contributed by atoms with Gasteiger partial charge in [0.25, 0.3) is 0 Å². The number of nitrogens with zero attached hydrogens (tertiary/aromatic N) is 2. The van der Waals surface area contributed by atoms with E-state index in [0.29, 0.717) is 5.17 Å². The van der Waals surface area contributed by atoms with E-state index in [1.165, 1.54) is 11.8 Å². The molecule has 0 radical (unpaired) electrons. The predicted molar refractivity (Wildman–Crippen MR) is 104 cm³/mol. The molecule has 140 valence electrons. The van der Waals surface area contributed by atoms with Crippen LogP contribution in [0.4, 0.5) is 5.69 Å². The van der Waals surface area contributed by atoms with E-state index in [9.17, 15) is 18.0 Å². The number of hydrogen-bond acceptors (Lipinski definition) is 5. The lowest BCUT2D eigenvalue weighted by Crippen LogP contribution is -2.37. The Morgan fingerprint density at radius 1 is 1.23 bits per heavy atom. The first-order chi connectivity index (χ1) is 12.2. The summed E-state index contributed by atoms with van der Waals surface area (Å²) in [5, 5.41) is 8.99. The summed E-state index contributed by atoms with van der Waals surface area (Å²) in [4.78, 5) is 28.6. The lowest BCUT2D eigenvalue weighted by atomic mass is 10.2. The summed E-state index contributed by atoms with van der Waals surface area (Å²) in [6.45, 7) is 0. The summed E-state index contributed by atoms with van der Waals surface area (Å²) >= 11 is 4.68. The second-order valence-corrected chi connectivity index (χ2v) is 10.5. The quantitative estimate of drug-likeness (QED) is 0.718. The number of amides is 1. The summed E-state index contributed by atoms with van der Waals surface area (Å²) in [5.41, 5.74) is 0.780. The van der Waals surface area contributed by atoms with Crippen LogP contribution < -0.4 is 4.90 Å². The Morgan fingerprint density at radius 2 is 1.92 bits per heavy atom. The number of sulfone groups is 1. The third-order valence-corrected chi connectivity index (χ3v) is 7.91. The first-order valence-electron chi connectivity index (χ1n) is 8.00. The lowest BCUT2D eigenvalue weighted by Gasteiger charge is -2.24. The molecule has 3 rings (SSSR count). The Morgan fingerprint density at radius 3 is 2.58 bits per heavy atom. The van der Waals surface area contributed by atoms with Crippen molar-refractivity contribution in [2.75, 3.05) is 16.4 Å². The van der Waals surface area contributed by atoms with Crippen LogP contribution in [0.15, 0.2) is 33.7 Å². The fraction of sp³-hybridized carbons (Fsp3) is 0.438. The molecule has 7 nitrogen and oxygen atoms in total. The van der Waals surface area contributed by atoms with Gasteiger partial charge in [0.2, 0.25) is 5.91 Å². The molecule has 2 saturated heterocycles. The van der Waals surface area contributed by atoms with E-state index in [1.807, 2.05) is 29.2 Å². The molecule has 0 aromatic heterocycles. The van der Waals surface area contributed by atoms with E-state index in [2.05, 4.69) is 20.9 Å². The SMILES string of the molecule is O=C(O)CCCC(=O)N=C1S[C@@H]2CS(=O)(=O)C[C@@H]2N1c1ccc(Br)cc1. The van der Waals surface area contributed by atoms with Crippen LogP contribution in [0.3, 0.4) is 0 Å². The minimum Gasteiger partial charge on any atom is -0.481 e. The molecule has 1 N–H and O–H groups in total. The summed E-state index contributed by atoms with van der Waals surface area (Å²) in [6.07, 6.45) is 0.205. The molecule has 26 heavy (non-hydrogen) atoms. The van der Waals surface area contributed by atoms with Crippen LogP contribution in [-0.2, 0) is 19.4 Å². The Kier molecular flexibility index (Phi) is 5.73. The third-order valence-electron chi connectivity index (χ3n) is 4.17. The molecular formula is C16H17BrN2O5S2.